The number of benzene rings is 2. The number of anilines is 1. The van der Waals surface area contributed by atoms with Crippen LogP contribution in [-0.2, 0) is 36.1 Å². The number of fused-ring (bicyclic) bond motifs is 2. The molecule has 16 nitrogen and oxygen atoms in total. The summed E-state index contributed by atoms with van der Waals surface area (Å²) in [4.78, 5) is 86.5. The number of piperazine rings is 1. The Morgan fingerprint density at radius 1 is 0.855 bits per heavy atom. The Hall–Kier alpha value is -5.74. The van der Waals surface area contributed by atoms with Crippen LogP contribution in [0.5, 0.6) is 11.5 Å². The minimum absolute atomic E-state index is 0.0636. The second-order valence-electron chi connectivity index (χ2n) is 17.9. The van der Waals surface area contributed by atoms with Gasteiger partial charge < -0.3 is 29.2 Å². The summed E-state index contributed by atoms with van der Waals surface area (Å²) in [6.45, 7) is 11.5. The summed E-state index contributed by atoms with van der Waals surface area (Å²) in [5.74, 6) is 0.0566. The quantitative estimate of drug-likeness (QED) is 0.288. The summed E-state index contributed by atoms with van der Waals surface area (Å²) in [7, 11) is 6.70. The van der Waals surface area contributed by atoms with E-state index in [1.54, 1.807) is 49.9 Å². The highest BCUT2D eigenvalue weighted by Gasteiger charge is 2.45. The van der Waals surface area contributed by atoms with Crippen LogP contribution in [0.15, 0.2) is 41.3 Å². The van der Waals surface area contributed by atoms with Crippen LogP contribution < -0.4 is 30.6 Å². The van der Waals surface area contributed by atoms with Crippen molar-refractivity contribution in [2.24, 2.45) is 13.0 Å². The number of nitrogens with zero attached hydrogens (tertiary/aromatic N) is 6. The molecule has 2 aromatic carbocycles. The van der Waals surface area contributed by atoms with Gasteiger partial charge in [0.1, 0.15) is 17.5 Å². The number of urea groups is 1. The summed E-state index contributed by atoms with van der Waals surface area (Å²) in [5.41, 5.74) is 5.73. The van der Waals surface area contributed by atoms with Crippen molar-refractivity contribution >= 4 is 35.3 Å². The zero-order valence-electron chi connectivity index (χ0n) is 36.7. The fraction of sp³-hybridized carbons (Fsp3) is 0.522. The zero-order chi connectivity index (χ0) is 44.0. The first-order chi connectivity index (χ1) is 29.7. The van der Waals surface area contributed by atoms with Crippen LogP contribution in [0, 0.1) is 5.92 Å². The van der Waals surface area contributed by atoms with Gasteiger partial charge in [-0.1, -0.05) is 0 Å². The fourth-order valence-electron chi connectivity index (χ4n) is 10.2. The average molecular weight is 851 g/mol. The molecular weight excluding hydrogens is 793 g/mol. The lowest BCUT2D eigenvalue weighted by atomic mass is 9.90. The molecule has 3 fully saturated rings. The highest BCUT2D eigenvalue weighted by molar-refractivity contribution is 6.23. The molecular formula is C46H58N8O8. The molecule has 0 spiro atoms. The molecule has 1 aromatic heterocycles. The van der Waals surface area contributed by atoms with Crippen molar-refractivity contribution in [2.45, 2.75) is 77.0 Å². The molecule has 3 saturated heterocycles. The van der Waals surface area contributed by atoms with Crippen molar-refractivity contribution < 1.29 is 33.4 Å². The average Bonchev–Trinajstić information content (AvgIpc) is 3.51. The molecule has 8 rings (SSSR count). The molecule has 2 N–H and O–H groups in total. The van der Waals surface area contributed by atoms with Gasteiger partial charge in [0.2, 0.25) is 11.8 Å². The molecule has 0 saturated carbocycles. The molecule has 1 atom stereocenters. The molecule has 3 aromatic rings. The van der Waals surface area contributed by atoms with E-state index < -0.39 is 29.7 Å². The molecule has 5 aliphatic rings. The molecule has 0 bridgehead atoms. The second kappa shape index (κ2) is 17.2. The number of aromatic nitrogens is 1. The number of aryl methyl sites for hydroxylation is 1. The number of piperidine rings is 2. The van der Waals surface area contributed by atoms with Gasteiger partial charge in [0.15, 0.2) is 0 Å². The maximum atomic E-state index is 13.4. The Morgan fingerprint density at radius 3 is 2.23 bits per heavy atom. The number of hydrogen-bond donors (Lipinski definition) is 2. The van der Waals surface area contributed by atoms with Gasteiger partial charge in [-0.05, 0) is 99.9 Å². The van der Waals surface area contributed by atoms with E-state index in [0.717, 1.165) is 103 Å². The van der Waals surface area contributed by atoms with Gasteiger partial charge in [-0.25, -0.2) is 4.79 Å². The molecule has 6 amide bonds. The Morgan fingerprint density at radius 2 is 1.56 bits per heavy atom. The number of ether oxygens (including phenoxy) is 2. The van der Waals surface area contributed by atoms with E-state index in [9.17, 15) is 28.8 Å². The summed E-state index contributed by atoms with van der Waals surface area (Å²) < 4.78 is 13.6. The van der Waals surface area contributed by atoms with Gasteiger partial charge in [-0.15, -0.1) is 0 Å². The number of carbonyl (C=O) groups excluding carboxylic acids is 5. The Bertz CT molecular complexity index is 2340. The van der Waals surface area contributed by atoms with Crippen molar-refractivity contribution in [1.29, 1.82) is 0 Å². The van der Waals surface area contributed by atoms with Crippen molar-refractivity contribution in [2.75, 3.05) is 72.0 Å². The lowest BCUT2D eigenvalue weighted by Crippen LogP contribution is -2.59. The van der Waals surface area contributed by atoms with E-state index in [1.807, 2.05) is 24.4 Å². The third-order valence-electron chi connectivity index (χ3n) is 13.7. The zero-order valence-corrected chi connectivity index (χ0v) is 36.7. The highest BCUT2D eigenvalue weighted by Crippen LogP contribution is 2.39. The van der Waals surface area contributed by atoms with Crippen LogP contribution in [-0.4, -0.2) is 132 Å². The Kier molecular flexibility index (Phi) is 11.9. The summed E-state index contributed by atoms with van der Waals surface area (Å²) in [5, 5.41) is 4.93. The number of nitrogens with one attached hydrogen (secondary N) is 2. The first-order valence-corrected chi connectivity index (χ1v) is 21.7. The normalized spacial score (nSPS) is 20.9. The van der Waals surface area contributed by atoms with Gasteiger partial charge in [0.05, 0.1) is 37.5 Å². The highest BCUT2D eigenvalue weighted by atomic mass is 16.5. The lowest BCUT2D eigenvalue weighted by molar-refractivity contribution is -0.136. The first kappa shape index (κ1) is 42.9. The summed E-state index contributed by atoms with van der Waals surface area (Å²) in [6, 6.07) is 8.28. The standard InChI is InChI=1S/C46H58N8O8/c1-46(2)27-50(25-36-38(61-5)21-29(22-39(36)62-6)34-24-49(4)42(57)35-26-52(45(60)47-3)17-14-31(34)35)19-20-53(46)18-13-28-11-15-51(16-12-28)30-7-8-32-33(23-30)44(59)54(43(32)58)37-9-10-40(55)48-41(37)56/h7-8,21-24,28,37H,9-20,25-27H2,1-6H3,(H,47,60)(H,48,55,56). The van der Waals surface area contributed by atoms with Crippen molar-refractivity contribution in [3.05, 3.63) is 74.7 Å². The largest absolute Gasteiger partial charge is 0.496 e. The minimum atomic E-state index is -0.976. The molecule has 0 radical (unpaired) electrons. The van der Waals surface area contributed by atoms with E-state index in [1.165, 1.54) is 0 Å². The summed E-state index contributed by atoms with van der Waals surface area (Å²) >= 11 is 0. The predicted molar refractivity (Wildman–Crippen MR) is 232 cm³/mol. The number of pyridine rings is 1. The van der Waals surface area contributed by atoms with Crippen LogP contribution in [0.2, 0.25) is 0 Å². The molecule has 1 unspecified atom stereocenters. The topological polar surface area (TPSA) is 166 Å². The van der Waals surface area contributed by atoms with Gasteiger partial charge in [-0.3, -0.25) is 44.0 Å². The smallest absolute Gasteiger partial charge is 0.317 e. The van der Waals surface area contributed by atoms with Gasteiger partial charge in [0.25, 0.3) is 17.4 Å². The molecule has 330 valence electrons. The van der Waals surface area contributed by atoms with Crippen LogP contribution >= 0.6 is 0 Å². The van der Waals surface area contributed by atoms with Crippen LogP contribution in [0.1, 0.15) is 83.4 Å². The number of methoxy groups -OCH3 is 2. The molecule has 62 heavy (non-hydrogen) atoms. The molecule has 0 aliphatic carbocycles. The van der Waals surface area contributed by atoms with E-state index >= 15 is 0 Å². The van der Waals surface area contributed by atoms with Crippen LogP contribution in [0.25, 0.3) is 11.1 Å². The predicted octanol–water partition coefficient (Wildman–Crippen LogP) is 3.37. The first-order valence-electron chi connectivity index (χ1n) is 21.7. The fourth-order valence-corrected chi connectivity index (χ4v) is 10.2. The monoisotopic (exact) mass is 850 g/mol. The van der Waals surface area contributed by atoms with Crippen molar-refractivity contribution in [1.82, 2.24) is 34.8 Å². The van der Waals surface area contributed by atoms with Crippen molar-refractivity contribution in [3.8, 4) is 22.6 Å². The molecule has 5 aliphatic heterocycles. The maximum absolute atomic E-state index is 13.4. The molecule has 6 heterocycles. The van der Waals surface area contributed by atoms with E-state index in [4.69, 9.17) is 9.47 Å². The van der Waals surface area contributed by atoms with Crippen LogP contribution in [0.4, 0.5) is 10.5 Å². The van der Waals surface area contributed by atoms with E-state index in [0.29, 0.717) is 42.1 Å². The van der Waals surface area contributed by atoms with Gasteiger partial charge >= 0.3 is 6.03 Å². The van der Waals surface area contributed by atoms with E-state index in [2.05, 4.69) is 39.2 Å². The SMILES string of the molecule is CNC(=O)N1CCc2c(-c3cc(OC)c(CN4CCN(CCC5CCN(c6ccc7c(c6)C(=O)N(C6CCC(=O)NC6=O)C7=O)CC5)C(C)(C)C4)c(OC)c3)cn(C)c(=O)c2C1. The van der Waals surface area contributed by atoms with E-state index in [-0.39, 0.29) is 36.5 Å². The van der Waals surface area contributed by atoms with Crippen molar-refractivity contribution in [3.63, 3.8) is 0 Å². The number of amides is 6. The van der Waals surface area contributed by atoms with Crippen LogP contribution in [0.3, 0.4) is 0 Å². The maximum Gasteiger partial charge on any atom is 0.317 e. The second-order valence-corrected chi connectivity index (χ2v) is 17.9. The van der Waals surface area contributed by atoms with Gasteiger partial charge in [-0.2, -0.15) is 0 Å². The number of hydrogen-bond acceptors (Lipinski definition) is 11. The Labute approximate surface area is 362 Å². The lowest BCUT2D eigenvalue weighted by Gasteiger charge is -2.48. The third-order valence-corrected chi connectivity index (χ3v) is 13.7. The third kappa shape index (κ3) is 8.05. The Balaban J connectivity index is 0.871. The minimum Gasteiger partial charge on any atom is -0.496 e. The number of imide groups is 2. The number of carbonyl (C=O) groups is 5. The van der Waals surface area contributed by atoms with Gasteiger partial charge in [0, 0.05) is 94.9 Å². The number of rotatable bonds is 10. The molecule has 16 heteroatoms. The summed E-state index contributed by atoms with van der Waals surface area (Å²) in [6.07, 6.45) is 5.81.